The SMILES string of the molecule is O=C(O)c1ccc2c(c1)CCCC(C1C3CCCCC31)=C2c1ccc(C=C2CN(CCCF)C2)cc1. The van der Waals surface area contributed by atoms with Crippen molar-refractivity contribution in [3.8, 4) is 0 Å². The molecule has 4 heteroatoms. The molecule has 0 aromatic heterocycles. The molecule has 3 nitrogen and oxygen atoms in total. The van der Waals surface area contributed by atoms with Crippen molar-refractivity contribution in [2.75, 3.05) is 26.3 Å². The molecule has 6 rings (SSSR count). The zero-order chi connectivity index (χ0) is 24.6. The smallest absolute Gasteiger partial charge is 0.335 e. The Bertz CT molecular complexity index is 1190. The zero-order valence-corrected chi connectivity index (χ0v) is 21.0. The lowest BCUT2D eigenvalue weighted by molar-refractivity contribution is 0.0696. The van der Waals surface area contributed by atoms with E-state index in [2.05, 4.69) is 41.3 Å². The number of hydrogen-bond acceptors (Lipinski definition) is 2. The summed E-state index contributed by atoms with van der Waals surface area (Å²) in [6, 6.07) is 14.8. The van der Waals surface area contributed by atoms with E-state index in [1.165, 1.54) is 59.1 Å². The summed E-state index contributed by atoms with van der Waals surface area (Å²) in [7, 11) is 0. The van der Waals surface area contributed by atoms with Crippen molar-refractivity contribution in [3.63, 3.8) is 0 Å². The Hall–Kier alpha value is -2.72. The van der Waals surface area contributed by atoms with Crippen molar-refractivity contribution in [2.24, 2.45) is 17.8 Å². The van der Waals surface area contributed by atoms with Gasteiger partial charge in [-0.25, -0.2) is 4.79 Å². The molecule has 3 fully saturated rings. The molecule has 36 heavy (non-hydrogen) atoms. The summed E-state index contributed by atoms with van der Waals surface area (Å²) in [5.74, 6) is 1.57. The Morgan fingerprint density at radius 1 is 1.00 bits per heavy atom. The average molecular weight is 486 g/mol. The van der Waals surface area contributed by atoms with Crippen LogP contribution in [-0.4, -0.2) is 42.3 Å². The molecule has 1 N–H and O–H groups in total. The lowest BCUT2D eigenvalue weighted by Gasteiger charge is -2.33. The van der Waals surface area contributed by atoms with Crippen LogP contribution in [0, 0.1) is 17.8 Å². The molecule has 1 aliphatic heterocycles. The van der Waals surface area contributed by atoms with E-state index in [1.54, 1.807) is 11.6 Å². The number of allylic oxidation sites excluding steroid dienone is 1. The highest BCUT2D eigenvalue weighted by Crippen LogP contribution is 2.61. The number of hydrogen-bond donors (Lipinski definition) is 1. The lowest BCUT2D eigenvalue weighted by Crippen LogP contribution is -2.40. The van der Waals surface area contributed by atoms with E-state index in [0.29, 0.717) is 17.9 Å². The van der Waals surface area contributed by atoms with Crippen LogP contribution in [0.2, 0.25) is 0 Å². The summed E-state index contributed by atoms with van der Waals surface area (Å²) in [6.45, 7) is 2.50. The quantitative estimate of drug-likeness (QED) is 0.458. The van der Waals surface area contributed by atoms with Gasteiger partial charge >= 0.3 is 5.97 Å². The van der Waals surface area contributed by atoms with Crippen LogP contribution < -0.4 is 0 Å². The van der Waals surface area contributed by atoms with Gasteiger partial charge in [-0.15, -0.1) is 0 Å². The number of aromatic carboxylic acids is 1. The second kappa shape index (κ2) is 9.97. The molecule has 2 saturated carbocycles. The van der Waals surface area contributed by atoms with Gasteiger partial charge in [0.15, 0.2) is 0 Å². The van der Waals surface area contributed by atoms with Gasteiger partial charge in [-0.3, -0.25) is 9.29 Å². The van der Waals surface area contributed by atoms with Crippen molar-refractivity contribution < 1.29 is 14.3 Å². The standard InChI is InChI=1S/C32H36FNO2/c33-15-4-16-34-19-22(20-34)17-21-9-11-23(12-10-21)30-26-14-13-25(32(35)36)18-24(26)5-3-8-29(30)31-27-6-1-2-7-28(27)31/h9-14,17-18,27-28,31H,1-8,15-16,19-20H2,(H,35,36). The summed E-state index contributed by atoms with van der Waals surface area (Å²) >= 11 is 0. The average Bonchev–Trinajstić information content (AvgIpc) is 3.62. The van der Waals surface area contributed by atoms with E-state index in [0.717, 1.165) is 50.7 Å². The molecule has 0 radical (unpaired) electrons. The van der Waals surface area contributed by atoms with Gasteiger partial charge in [-0.05, 0) is 102 Å². The number of likely N-dealkylation sites (tertiary alicyclic amines) is 1. The third-order valence-electron chi connectivity index (χ3n) is 8.93. The number of carbonyl (C=O) groups is 1. The number of aryl methyl sites for hydroxylation is 1. The van der Waals surface area contributed by atoms with Crippen LogP contribution >= 0.6 is 0 Å². The van der Waals surface area contributed by atoms with Gasteiger partial charge < -0.3 is 5.11 Å². The molecule has 0 spiro atoms. The van der Waals surface area contributed by atoms with Gasteiger partial charge in [0.05, 0.1) is 12.2 Å². The second-order valence-electron chi connectivity index (χ2n) is 11.2. The van der Waals surface area contributed by atoms with E-state index in [4.69, 9.17) is 0 Å². The van der Waals surface area contributed by atoms with Crippen molar-refractivity contribution in [2.45, 2.75) is 51.4 Å². The summed E-state index contributed by atoms with van der Waals surface area (Å²) in [4.78, 5) is 14.0. The van der Waals surface area contributed by atoms with E-state index < -0.39 is 5.97 Å². The van der Waals surface area contributed by atoms with Crippen molar-refractivity contribution in [1.82, 2.24) is 4.90 Å². The third kappa shape index (κ3) is 4.56. The molecule has 2 aromatic rings. The van der Waals surface area contributed by atoms with E-state index in [9.17, 15) is 14.3 Å². The number of nitrogens with zero attached hydrogens (tertiary/aromatic N) is 1. The number of halogens is 1. The molecule has 2 atom stereocenters. The summed E-state index contributed by atoms with van der Waals surface area (Å²) in [6.07, 6.45) is 11.5. The Morgan fingerprint density at radius 3 is 2.44 bits per heavy atom. The number of fused-ring (bicyclic) bond motifs is 2. The summed E-state index contributed by atoms with van der Waals surface area (Å²) < 4.78 is 12.4. The van der Waals surface area contributed by atoms with Crippen molar-refractivity contribution in [1.29, 1.82) is 0 Å². The maximum Gasteiger partial charge on any atom is 0.335 e. The topological polar surface area (TPSA) is 40.5 Å². The van der Waals surface area contributed by atoms with E-state index >= 15 is 0 Å². The first-order chi connectivity index (χ1) is 17.6. The molecular formula is C32H36FNO2. The van der Waals surface area contributed by atoms with Gasteiger partial charge in [0.25, 0.3) is 0 Å². The van der Waals surface area contributed by atoms with Gasteiger partial charge in [0.2, 0.25) is 0 Å². The molecular weight excluding hydrogens is 449 g/mol. The minimum atomic E-state index is -0.849. The molecule has 2 unspecified atom stereocenters. The fourth-order valence-corrected chi connectivity index (χ4v) is 7.17. The number of carboxylic acids is 1. The fraction of sp³-hybridized carbons (Fsp3) is 0.469. The van der Waals surface area contributed by atoms with Crippen LogP contribution in [0.25, 0.3) is 11.6 Å². The van der Waals surface area contributed by atoms with Crippen LogP contribution in [-0.2, 0) is 6.42 Å². The molecule has 4 aliphatic rings. The third-order valence-corrected chi connectivity index (χ3v) is 8.93. The molecule has 3 aliphatic carbocycles. The number of alkyl halides is 1. The molecule has 188 valence electrons. The first-order valence-corrected chi connectivity index (χ1v) is 13.8. The highest BCUT2D eigenvalue weighted by molar-refractivity contribution is 5.91. The molecule has 2 aromatic carbocycles. The van der Waals surface area contributed by atoms with Gasteiger partial charge in [-0.2, -0.15) is 0 Å². The van der Waals surface area contributed by atoms with Crippen molar-refractivity contribution in [3.05, 3.63) is 81.4 Å². The van der Waals surface area contributed by atoms with Crippen LogP contribution in [0.5, 0.6) is 0 Å². The predicted octanol–water partition coefficient (Wildman–Crippen LogP) is 7.02. The van der Waals surface area contributed by atoms with E-state index in [1.807, 2.05) is 6.07 Å². The van der Waals surface area contributed by atoms with Crippen molar-refractivity contribution >= 4 is 17.6 Å². The maximum absolute atomic E-state index is 12.4. The van der Waals surface area contributed by atoms with E-state index in [-0.39, 0.29) is 6.67 Å². The monoisotopic (exact) mass is 485 g/mol. The first-order valence-electron chi connectivity index (χ1n) is 13.8. The first kappa shape index (κ1) is 23.7. The highest BCUT2D eigenvalue weighted by Gasteiger charge is 2.52. The Labute approximate surface area is 213 Å². The minimum absolute atomic E-state index is 0.238. The van der Waals surface area contributed by atoms with Gasteiger partial charge in [-0.1, -0.05) is 54.8 Å². The van der Waals surface area contributed by atoms with Gasteiger partial charge in [0.1, 0.15) is 0 Å². The molecule has 0 bridgehead atoms. The number of rotatable bonds is 7. The van der Waals surface area contributed by atoms with Crippen LogP contribution in [0.15, 0.2) is 53.6 Å². The minimum Gasteiger partial charge on any atom is -0.478 e. The Kier molecular flexibility index (Phi) is 6.55. The molecule has 0 amide bonds. The number of benzene rings is 2. The van der Waals surface area contributed by atoms with Crippen LogP contribution in [0.1, 0.15) is 77.6 Å². The largest absolute Gasteiger partial charge is 0.478 e. The second-order valence-corrected chi connectivity index (χ2v) is 11.2. The Balaban J connectivity index is 1.33. The highest BCUT2D eigenvalue weighted by atomic mass is 19.1. The normalized spacial score (nSPS) is 25.5. The Morgan fingerprint density at radius 2 is 1.75 bits per heavy atom. The van der Waals surface area contributed by atoms with Gasteiger partial charge in [0, 0.05) is 19.6 Å². The molecule has 1 saturated heterocycles. The van der Waals surface area contributed by atoms with Crippen LogP contribution in [0.3, 0.4) is 0 Å². The predicted molar refractivity (Wildman–Crippen MR) is 143 cm³/mol. The fourth-order valence-electron chi connectivity index (χ4n) is 7.17. The number of carboxylic acid groups (broad SMARTS) is 1. The van der Waals surface area contributed by atoms with Crippen LogP contribution in [0.4, 0.5) is 4.39 Å². The summed E-state index contributed by atoms with van der Waals surface area (Å²) in [5.41, 5.74) is 9.70. The lowest BCUT2D eigenvalue weighted by atomic mass is 9.87. The summed E-state index contributed by atoms with van der Waals surface area (Å²) in [5, 5.41) is 9.58. The zero-order valence-electron chi connectivity index (χ0n) is 21.0. The maximum atomic E-state index is 12.4. The molecule has 1 heterocycles.